The topological polar surface area (TPSA) is 66.8 Å². The average molecular weight is 428 g/mol. The van der Waals surface area contributed by atoms with Gasteiger partial charge in [-0.05, 0) is 42.3 Å². The summed E-state index contributed by atoms with van der Waals surface area (Å²) in [5, 5.41) is 11.1. The van der Waals surface area contributed by atoms with Gasteiger partial charge < -0.3 is 9.84 Å². The third-order valence-electron chi connectivity index (χ3n) is 4.76. The average Bonchev–Trinajstić information content (AvgIpc) is 3.02. The summed E-state index contributed by atoms with van der Waals surface area (Å²) in [6.07, 6.45) is -0.311. The molecule has 2 aromatic carbocycles. The Morgan fingerprint density at radius 3 is 2.57 bits per heavy atom. The molecule has 0 spiro atoms. The van der Waals surface area contributed by atoms with E-state index < -0.39 is 15.9 Å². The fraction of sp³-hybridized carbons (Fsp3) is 0.400. The van der Waals surface area contributed by atoms with Crippen molar-refractivity contribution in [3.8, 4) is 5.75 Å². The molecule has 3 rings (SSSR count). The molecule has 1 N–H and O–H groups in total. The number of ether oxygens (including phenoxy) is 1. The van der Waals surface area contributed by atoms with E-state index in [1.165, 1.54) is 24.3 Å². The number of benzene rings is 2. The molecule has 152 valence electrons. The highest BCUT2D eigenvalue weighted by atomic mass is 35.5. The molecular weight excluding hydrogens is 405 g/mol. The zero-order chi connectivity index (χ0) is 20.1. The zero-order valence-electron chi connectivity index (χ0n) is 15.3. The summed E-state index contributed by atoms with van der Waals surface area (Å²) >= 11 is 6.26. The van der Waals surface area contributed by atoms with Crippen LogP contribution in [0, 0.1) is 5.82 Å². The fourth-order valence-corrected chi connectivity index (χ4v) is 5.26. The predicted octanol–water partition coefficient (Wildman–Crippen LogP) is 2.91. The number of rotatable bonds is 8. The van der Waals surface area contributed by atoms with Crippen LogP contribution in [0.5, 0.6) is 5.75 Å². The summed E-state index contributed by atoms with van der Waals surface area (Å²) in [6, 6.07) is 12.8. The predicted molar refractivity (Wildman–Crippen MR) is 107 cm³/mol. The smallest absolute Gasteiger partial charge is 0.151 e. The molecule has 2 unspecified atom stereocenters. The van der Waals surface area contributed by atoms with Crippen molar-refractivity contribution in [1.82, 2.24) is 4.90 Å². The molecule has 1 aliphatic heterocycles. The molecule has 0 aliphatic carbocycles. The van der Waals surface area contributed by atoms with E-state index in [-0.39, 0.29) is 36.5 Å². The molecule has 2 atom stereocenters. The van der Waals surface area contributed by atoms with Gasteiger partial charge in [-0.2, -0.15) is 0 Å². The van der Waals surface area contributed by atoms with E-state index in [0.29, 0.717) is 23.7 Å². The van der Waals surface area contributed by atoms with Crippen LogP contribution in [0.25, 0.3) is 0 Å². The lowest BCUT2D eigenvalue weighted by molar-refractivity contribution is 0.0524. The quantitative estimate of drug-likeness (QED) is 0.701. The van der Waals surface area contributed by atoms with Crippen molar-refractivity contribution < 1.29 is 22.7 Å². The van der Waals surface area contributed by atoms with Crippen molar-refractivity contribution in [1.29, 1.82) is 0 Å². The summed E-state index contributed by atoms with van der Waals surface area (Å²) in [6.45, 7) is 0.699. The SMILES string of the molecule is O=S1(=O)CCC(N(Cc2ccccc2Cl)CC(O)COc2ccc(F)cc2)C1. The summed E-state index contributed by atoms with van der Waals surface area (Å²) in [5.41, 5.74) is 0.875. The van der Waals surface area contributed by atoms with Crippen LogP contribution < -0.4 is 4.74 Å². The van der Waals surface area contributed by atoms with Crippen LogP contribution in [0.1, 0.15) is 12.0 Å². The van der Waals surface area contributed by atoms with Gasteiger partial charge in [0.05, 0.1) is 11.5 Å². The van der Waals surface area contributed by atoms with Crippen LogP contribution in [0.3, 0.4) is 0 Å². The molecule has 28 heavy (non-hydrogen) atoms. The second kappa shape index (κ2) is 9.22. The summed E-state index contributed by atoms with van der Waals surface area (Å²) in [4.78, 5) is 1.95. The zero-order valence-corrected chi connectivity index (χ0v) is 16.9. The first-order valence-corrected chi connectivity index (χ1v) is 11.3. The van der Waals surface area contributed by atoms with E-state index in [4.69, 9.17) is 16.3 Å². The normalized spacial score (nSPS) is 19.6. The van der Waals surface area contributed by atoms with E-state index >= 15 is 0 Å². The second-order valence-corrected chi connectivity index (χ2v) is 9.63. The maximum absolute atomic E-state index is 13.0. The molecule has 1 saturated heterocycles. The van der Waals surface area contributed by atoms with Crippen molar-refractivity contribution in [2.24, 2.45) is 0 Å². The Bertz CT molecular complexity index is 891. The molecule has 1 heterocycles. The van der Waals surface area contributed by atoms with Gasteiger partial charge in [0.2, 0.25) is 0 Å². The van der Waals surface area contributed by atoms with Crippen molar-refractivity contribution in [3.05, 3.63) is 64.9 Å². The Labute approximate surface area is 169 Å². The number of nitrogens with zero attached hydrogens (tertiary/aromatic N) is 1. The third-order valence-corrected chi connectivity index (χ3v) is 6.88. The highest BCUT2D eigenvalue weighted by molar-refractivity contribution is 7.91. The molecule has 0 aromatic heterocycles. The molecule has 0 amide bonds. The van der Waals surface area contributed by atoms with Gasteiger partial charge in [-0.3, -0.25) is 4.90 Å². The van der Waals surface area contributed by atoms with Gasteiger partial charge in [0.1, 0.15) is 24.3 Å². The van der Waals surface area contributed by atoms with Gasteiger partial charge in [-0.15, -0.1) is 0 Å². The molecule has 0 saturated carbocycles. The second-order valence-electron chi connectivity index (χ2n) is 7.00. The Morgan fingerprint density at radius 2 is 1.93 bits per heavy atom. The Kier molecular flexibility index (Phi) is 6.93. The van der Waals surface area contributed by atoms with Crippen LogP contribution in [-0.2, 0) is 16.4 Å². The van der Waals surface area contributed by atoms with Gasteiger partial charge in [-0.25, -0.2) is 12.8 Å². The molecule has 1 fully saturated rings. The molecular formula is C20H23ClFNO4S. The largest absolute Gasteiger partial charge is 0.491 e. The van der Waals surface area contributed by atoms with E-state index in [2.05, 4.69) is 0 Å². The van der Waals surface area contributed by atoms with Crippen molar-refractivity contribution in [3.63, 3.8) is 0 Å². The van der Waals surface area contributed by atoms with Crippen LogP contribution in [0.15, 0.2) is 48.5 Å². The Balaban J connectivity index is 1.65. The maximum Gasteiger partial charge on any atom is 0.151 e. The minimum Gasteiger partial charge on any atom is -0.491 e. The number of sulfone groups is 1. The number of aliphatic hydroxyl groups is 1. The van der Waals surface area contributed by atoms with E-state index in [0.717, 1.165) is 5.56 Å². The Hall–Kier alpha value is -1.67. The summed E-state index contributed by atoms with van der Waals surface area (Å²) < 4.78 is 42.3. The lowest BCUT2D eigenvalue weighted by Gasteiger charge is -2.30. The molecule has 2 aromatic rings. The Morgan fingerprint density at radius 1 is 1.21 bits per heavy atom. The highest BCUT2D eigenvalue weighted by Crippen LogP contribution is 2.23. The standard InChI is InChI=1S/C20H23ClFNO4S/c21-20-4-2-1-3-15(20)11-23(17-9-10-28(25,26)14-17)12-18(24)13-27-19-7-5-16(22)6-8-19/h1-8,17-18,24H,9-14H2. The van der Waals surface area contributed by atoms with Gasteiger partial charge in [0, 0.05) is 24.2 Å². The molecule has 1 aliphatic rings. The van der Waals surface area contributed by atoms with Crippen LogP contribution in [-0.4, -0.2) is 55.2 Å². The lowest BCUT2D eigenvalue weighted by Crippen LogP contribution is -2.42. The molecule has 0 radical (unpaired) electrons. The highest BCUT2D eigenvalue weighted by Gasteiger charge is 2.33. The van der Waals surface area contributed by atoms with Crippen LogP contribution in [0.2, 0.25) is 5.02 Å². The van der Waals surface area contributed by atoms with E-state index in [1.54, 1.807) is 6.07 Å². The van der Waals surface area contributed by atoms with Crippen molar-refractivity contribution >= 4 is 21.4 Å². The first-order valence-electron chi connectivity index (χ1n) is 9.07. The molecule has 8 heteroatoms. The van der Waals surface area contributed by atoms with Gasteiger partial charge in [0.15, 0.2) is 9.84 Å². The summed E-state index contributed by atoms with van der Waals surface area (Å²) in [7, 11) is -3.06. The minimum atomic E-state index is -3.06. The van der Waals surface area contributed by atoms with Crippen LogP contribution in [0.4, 0.5) is 4.39 Å². The number of hydrogen-bond donors (Lipinski definition) is 1. The minimum absolute atomic E-state index is 0.0180. The number of halogens is 2. The van der Waals surface area contributed by atoms with Gasteiger partial charge >= 0.3 is 0 Å². The molecule has 0 bridgehead atoms. The van der Waals surface area contributed by atoms with E-state index in [1.807, 2.05) is 23.1 Å². The van der Waals surface area contributed by atoms with Crippen LogP contribution >= 0.6 is 11.6 Å². The van der Waals surface area contributed by atoms with Crippen molar-refractivity contribution in [2.45, 2.75) is 25.1 Å². The van der Waals surface area contributed by atoms with Gasteiger partial charge in [-0.1, -0.05) is 29.8 Å². The summed E-state index contributed by atoms with van der Waals surface area (Å²) in [5.74, 6) is 0.324. The first-order chi connectivity index (χ1) is 13.3. The number of hydrogen-bond acceptors (Lipinski definition) is 5. The monoisotopic (exact) mass is 427 g/mol. The maximum atomic E-state index is 13.0. The van der Waals surface area contributed by atoms with E-state index in [9.17, 15) is 17.9 Å². The fourth-order valence-electron chi connectivity index (χ4n) is 3.30. The number of aliphatic hydroxyl groups excluding tert-OH is 1. The van der Waals surface area contributed by atoms with Gasteiger partial charge in [0.25, 0.3) is 0 Å². The first kappa shape index (κ1) is 21.0. The molecule has 5 nitrogen and oxygen atoms in total. The third kappa shape index (κ3) is 5.91. The van der Waals surface area contributed by atoms with Crippen molar-refractivity contribution in [2.75, 3.05) is 24.7 Å². The lowest BCUT2D eigenvalue weighted by atomic mass is 10.1.